The number of carbonyl (C=O) groups excluding carboxylic acids is 4. The number of Topliss-reactive ketones (excluding diaryl/α,β-unsaturated/α-hetero) is 2. The minimum atomic E-state index is -0.375. The van der Waals surface area contributed by atoms with Crippen molar-refractivity contribution in [2.75, 3.05) is 0 Å². The van der Waals surface area contributed by atoms with Gasteiger partial charge >= 0.3 is 0 Å². The maximum atomic E-state index is 13.3. The van der Waals surface area contributed by atoms with Gasteiger partial charge in [-0.3, -0.25) is 19.2 Å². The second kappa shape index (κ2) is 5.59. The average molecular weight is 444 g/mol. The zero-order valence-corrected chi connectivity index (χ0v) is 18.1. The Morgan fingerprint density at radius 1 is 0.576 bits per heavy atom. The van der Waals surface area contributed by atoms with Gasteiger partial charge in [-0.05, 0) is 56.9 Å². The molecule has 0 saturated heterocycles. The summed E-state index contributed by atoms with van der Waals surface area (Å²) in [4.78, 5) is 52.0. The molecule has 0 saturated carbocycles. The highest BCUT2D eigenvalue weighted by Crippen LogP contribution is 2.49. The van der Waals surface area contributed by atoms with E-state index in [2.05, 4.69) is 0 Å². The lowest BCUT2D eigenvalue weighted by Gasteiger charge is -2.22. The fourth-order valence-corrected chi connectivity index (χ4v) is 6.99. The molecule has 4 nitrogen and oxygen atoms in total. The van der Waals surface area contributed by atoms with E-state index >= 15 is 0 Å². The first-order chi connectivity index (χ1) is 16.0. The highest BCUT2D eigenvalue weighted by atomic mass is 31.1. The molecule has 5 aromatic carbocycles. The van der Waals surface area contributed by atoms with E-state index in [4.69, 9.17) is 0 Å². The SMILES string of the molecule is O=C1PC(=O)c2ccc3c4ccc5c6c(ccc(c7ccc1c2c73)c64)C(=O)C1=CCC1C5=O. The molecule has 2 unspecified atom stereocenters. The number of benzene rings is 5. The van der Waals surface area contributed by atoms with Crippen molar-refractivity contribution in [2.45, 2.75) is 6.42 Å². The van der Waals surface area contributed by atoms with Crippen LogP contribution in [0.2, 0.25) is 0 Å². The predicted molar refractivity (Wildman–Crippen MR) is 129 cm³/mol. The van der Waals surface area contributed by atoms with Crippen molar-refractivity contribution in [1.82, 2.24) is 0 Å². The number of carbonyl (C=O) groups is 4. The van der Waals surface area contributed by atoms with Gasteiger partial charge in [0.2, 0.25) is 0 Å². The number of hydrogen-bond acceptors (Lipinski definition) is 4. The highest BCUT2D eigenvalue weighted by molar-refractivity contribution is 7.75. The molecule has 0 radical (unpaired) electrons. The monoisotopic (exact) mass is 444 g/mol. The van der Waals surface area contributed by atoms with Crippen LogP contribution < -0.4 is 0 Å². The van der Waals surface area contributed by atoms with Gasteiger partial charge in [0.15, 0.2) is 22.6 Å². The lowest BCUT2D eigenvalue weighted by Crippen LogP contribution is -2.25. The molecule has 0 amide bonds. The van der Waals surface area contributed by atoms with Gasteiger partial charge in [-0.15, -0.1) is 0 Å². The van der Waals surface area contributed by atoms with Gasteiger partial charge in [-0.1, -0.05) is 36.4 Å². The van der Waals surface area contributed by atoms with Gasteiger partial charge in [0.25, 0.3) is 0 Å². The third-order valence-electron chi connectivity index (χ3n) is 7.66. The summed E-state index contributed by atoms with van der Waals surface area (Å²) in [7, 11) is -0.375. The summed E-state index contributed by atoms with van der Waals surface area (Å²) in [6.07, 6.45) is 2.48. The molecule has 0 bridgehead atoms. The van der Waals surface area contributed by atoms with Crippen molar-refractivity contribution >= 4 is 74.3 Å². The smallest absolute Gasteiger partial charge is 0.190 e. The van der Waals surface area contributed by atoms with Crippen molar-refractivity contribution in [3.05, 3.63) is 82.4 Å². The molecule has 5 aromatic rings. The summed E-state index contributed by atoms with van der Waals surface area (Å²) in [6.45, 7) is 0. The van der Waals surface area contributed by atoms with E-state index in [1.165, 1.54) is 0 Å². The van der Waals surface area contributed by atoms with Crippen molar-refractivity contribution < 1.29 is 19.2 Å². The highest BCUT2D eigenvalue weighted by Gasteiger charge is 2.39. The van der Waals surface area contributed by atoms with Crippen molar-refractivity contribution in [2.24, 2.45) is 5.92 Å². The van der Waals surface area contributed by atoms with Gasteiger partial charge in [-0.2, -0.15) is 0 Å². The number of allylic oxidation sites excluding steroid dienone is 2. The Labute approximate surface area is 188 Å². The molecule has 1 heterocycles. The second-order valence-corrected chi connectivity index (χ2v) is 10.2. The van der Waals surface area contributed by atoms with Gasteiger partial charge in [0.05, 0.1) is 5.92 Å². The van der Waals surface area contributed by atoms with Crippen LogP contribution in [-0.4, -0.2) is 22.6 Å². The van der Waals surface area contributed by atoms with E-state index in [9.17, 15) is 19.2 Å². The van der Waals surface area contributed by atoms with Gasteiger partial charge < -0.3 is 0 Å². The van der Waals surface area contributed by atoms with Crippen LogP contribution in [0, 0.1) is 5.92 Å². The Morgan fingerprint density at radius 2 is 1.06 bits per heavy atom. The lowest BCUT2D eigenvalue weighted by atomic mass is 9.78. The zero-order valence-electron chi connectivity index (χ0n) is 17.1. The van der Waals surface area contributed by atoms with Crippen LogP contribution in [0.15, 0.2) is 60.2 Å². The standard InChI is InChI=1S/C28H13O4P/c29-25-15-5-6-16(15)26(30)18-8-2-12-14-4-10-20-24-19(27(31)33-28(20)32)9-3-13(22(14)24)11-1-7-17(25)23(18)21(11)12/h1-5,7-10,16,33H,6H2. The Morgan fingerprint density at radius 3 is 1.58 bits per heavy atom. The first-order valence-corrected chi connectivity index (χ1v) is 11.9. The summed E-state index contributed by atoms with van der Waals surface area (Å²) in [5, 5.41) is 6.98. The van der Waals surface area contributed by atoms with Crippen molar-refractivity contribution in [1.29, 1.82) is 0 Å². The number of fused-ring (bicyclic) bond motifs is 3. The summed E-state index contributed by atoms with van der Waals surface area (Å²) in [5.74, 6) is -0.395. The Bertz CT molecular complexity index is 1820. The van der Waals surface area contributed by atoms with E-state index < -0.39 is 0 Å². The van der Waals surface area contributed by atoms with Crippen LogP contribution in [0.5, 0.6) is 0 Å². The summed E-state index contributed by atoms with van der Waals surface area (Å²) in [5.41, 5.74) is 2.75. The molecule has 1 aliphatic heterocycles. The minimum absolute atomic E-state index is 0.0107. The topological polar surface area (TPSA) is 68.3 Å². The first kappa shape index (κ1) is 17.8. The van der Waals surface area contributed by atoms with Crippen molar-refractivity contribution in [3.8, 4) is 0 Å². The van der Waals surface area contributed by atoms with Gasteiger partial charge in [-0.25, -0.2) is 0 Å². The molecule has 154 valence electrons. The molecule has 0 fully saturated rings. The van der Waals surface area contributed by atoms with E-state index in [-0.39, 0.29) is 37.1 Å². The van der Waals surface area contributed by atoms with Gasteiger partial charge in [0.1, 0.15) is 0 Å². The maximum Gasteiger partial charge on any atom is 0.190 e. The van der Waals surface area contributed by atoms with Crippen LogP contribution >= 0.6 is 8.58 Å². The number of ketones is 2. The first-order valence-electron chi connectivity index (χ1n) is 10.9. The molecule has 33 heavy (non-hydrogen) atoms. The average Bonchev–Trinajstić information content (AvgIpc) is 2.84. The number of rotatable bonds is 0. The minimum Gasteiger partial charge on any atom is -0.293 e. The summed E-state index contributed by atoms with van der Waals surface area (Å²) >= 11 is 0. The predicted octanol–water partition coefficient (Wildman–Crippen LogP) is 6.04. The molecular weight excluding hydrogens is 431 g/mol. The molecule has 0 aromatic heterocycles. The Balaban J connectivity index is 1.65. The van der Waals surface area contributed by atoms with E-state index in [0.29, 0.717) is 34.2 Å². The third kappa shape index (κ3) is 1.90. The van der Waals surface area contributed by atoms with Crippen LogP contribution in [0.4, 0.5) is 0 Å². The van der Waals surface area contributed by atoms with Crippen LogP contribution in [0.3, 0.4) is 0 Å². The van der Waals surface area contributed by atoms with Gasteiger partial charge in [0, 0.05) is 47.2 Å². The largest absolute Gasteiger partial charge is 0.293 e. The molecular formula is C28H13O4P. The molecule has 8 rings (SSSR count). The quantitative estimate of drug-likeness (QED) is 0.166. The van der Waals surface area contributed by atoms with E-state index in [1.54, 1.807) is 0 Å². The van der Waals surface area contributed by atoms with Crippen LogP contribution in [0.25, 0.3) is 43.1 Å². The Hall–Kier alpha value is -3.75. The molecule has 0 N–H and O–H groups in total. The van der Waals surface area contributed by atoms with Crippen LogP contribution in [-0.2, 0) is 0 Å². The fraction of sp³-hybridized carbons (Fsp3) is 0.0714. The molecule has 2 atom stereocenters. The summed E-state index contributed by atoms with van der Waals surface area (Å²) in [6, 6.07) is 15.1. The van der Waals surface area contributed by atoms with E-state index in [1.807, 2.05) is 54.6 Å². The maximum absolute atomic E-state index is 13.3. The lowest BCUT2D eigenvalue weighted by molar-refractivity contribution is 0.0899. The molecule has 2 aliphatic carbocycles. The Kier molecular flexibility index (Phi) is 3.01. The molecule has 3 aliphatic rings. The molecule has 5 heteroatoms. The van der Waals surface area contributed by atoms with Crippen LogP contribution in [0.1, 0.15) is 47.9 Å². The third-order valence-corrected chi connectivity index (χ3v) is 8.65. The fourth-order valence-electron chi connectivity index (χ4n) is 6.10. The molecule has 0 spiro atoms. The second-order valence-electron chi connectivity index (χ2n) is 9.07. The van der Waals surface area contributed by atoms with E-state index in [0.717, 1.165) is 43.1 Å². The summed E-state index contributed by atoms with van der Waals surface area (Å²) < 4.78 is 0. The number of hydrogen-bond donors (Lipinski definition) is 0. The van der Waals surface area contributed by atoms with Crippen molar-refractivity contribution in [3.63, 3.8) is 0 Å². The zero-order chi connectivity index (χ0) is 22.2. The normalized spacial score (nSPS) is 20.1.